The summed E-state index contributed by atoms with van der Waals surface area (Å²) in [6, 6.07) is -0.992. The fourth-order valence-electron chi connectivity index (χ4n) is 17.3. The first kappa shape index (κ1) is 71.4. The van der Waals surface area contributed by atoms with Crippen molar-refractivity contribution in [3.8, 4) is 0 Å². The van der Waals surface area contributed by atoms with E-state index in [1.54, 1.807) is 33.8 Å². The highest BCUT2D eigenvalue weighted by Gasteiger charge is 2.66. The second-order valence-corrected chi connectivity index (χ2v) is 28.6. The maximum absolute atomic E-state index is 15.6. The number of hydrogen-bond donors (Lipinski definition) is 7. The van der Waals surface area contributed by atoms with E-state index in [2.05, 4.69) is 25.2 Å². The maximum Gasteiger partial charge on any atom is 0.407 e. The number of fused-ring (bicyclic) bond motifs is 4. The van der Waals surface area contributed by atoms with Gasteiger partial charge in [-0.15, -0.1) is 0 Å². The number of allylic oxidation sites excluding steroid dienone is 3. The number of alkyl carbamates (subject to hydrolysis) is 1. The molecule has 6 saturated heterocycles. The summed E-state index contributed by atoms with van der Waals surface area (Å²) in [6.07, 6.45) is -4.29. The number of carbonyl (C=O) groups excluding carboxylic acids is 5. The van der Waals surface area contributed by atoms with Gasteiger partial charge in [-0.2, -0.15) is 0 Å². The normalized spacial score (nSPS) is 47.2. The molecule has 30 atom stereocenters. The van der Waals surface area contributed by atoms with Crippen LogP contribution in [0.25, 0.3) is 0 Å². The van der Waals surface area contributed by atoms with Crippen molar-refractivity contribution in [1.82, 2.24) is 10.5 Å². The largest absolute Gasteiger partial charge is 0.511 e. The molecule has 2 saturated carbocycles. The minimum Gasteiger partial charge on any atom is -0.511 e. The molecule has 7 N–H and O–H groups in total. The van der Waals surface area contributed by atoms with E-state index < -0.39 is 204 Å². The molecule has 8 fully saturated rings. The molecule has 0 aromatic carbocycles. The third-order valence-electron chi connectivity index (χ3n) is 22.1. The Balaban J connectivity index is 0.902. The van der Waals surface area contributed by atoms with Crippen molar-refractivity contribution in [2.45, 2.75) is 288 Å². The molecule has 1 amide bonds. The Morgan fingerprint density at radius 2 is 1.31 bits per heavy atom. The third-order valence-corrected chi connectivity index (χ3v) is 22.1. The van der Waals surface area contributed by atoms with Gasteiger partial charge in [0.15, 0.2) is 43.2 Å². The summed E-state index contributed by atoms with van der Waals surface area (Å²) in [4.78, 5) is 68.2. The zero-order valence-electron chi connectivity index (χ0n) is 55.7. The molecule has 0 aromatic rings. The molecule has 10 aliphatic rings. The van der Waals surface area contributed by atoms with Crippen molar-refractivity contribution >= 4 is 30.1 Å². The summed E-state index contributed by atoms with van der Waals surface area (Å²) in [5.41, 5.74) is -4.44. The van der Waals surface area contributed by atoms with E-state index in [1.807, 2.05) is 39.8 Å². The number of hydrogen-bond acceptors (Lipinski definition) is 25. The van der Waals surface area contributed by atoms with Crippen LogP contribution in [0.3, 0.4) is 0 Å². The molecule has 26 nitrogen and oxygen atoms in total. The molecule has 6 aliphatic heterocycles. The highest BCUT2D eigenvalue weighted by molar-refractivity contribution is 6.26. The van der Waals surface area contributed by atoms with Gasteiger partial charge < -0.3 is 92.1 Å². The van der Waals surface area contributed by atoms with Gasteiger partial charge in [-0.3, -0.25) is 20.0 Å². The van der Waals surface area contributed by atoms with E-state index in [4.69, 9.17) is 61.6 Å². The number of ketones is 1. The lowest BCUT2D eigenvalue weighted by Gasteiger charge is -2.56. The molecule has 0 aromatic heterocycles. The van der Waals surface area contributed by atoms with Gasteiger partial charge in [0.2, 0.25) is 5.78 Å². The van der Waals surface area contributed by atoms with Crippen LogP contribution in [0, 0.1) is 46.8 Å². The van der Waals surface area contributed by atoms with Crippen molar-refractivity contribution in [3.05, 3.63) is 46.8 Å². The zero-order chi connectivity index (χ0) is 67.5. The van der Waals surface area contributed by atoms with Gasteiger partial charge in [0.05, 0.1) is 91.8 Å². The number of Topliss-reactive ketones (excluding diaryl/α,β-unsaturated/α-hetero) is 1. The molecular formula is C67H100N2O24. The molecule has 2 bridgehead atoms. The van der Waals surface area contributed by atoms with Gasteiger partial charge in [0.25, 0.3) is 0 Å². The smallest absolute Gasteiger partial charge is 0.407 e. The topological polar surface area (TPSA) is 342 Å². The van der Waals surface area contributed by atoms with Crippen LogP contribution >= 0.6 is 0 Å². The summed E-state index contributed by atoms with van der Waals surface area (Å²) < 4.78 is 81.8. The molecule has 93 heavy (non-hydrogen) atoms. The highest BCUT2D eigenvalue weighted by Crippen LogP contribution is 2.61. The Kier molecular flexibility index (Phi) is 22.0. The minimum absolute atomic E-state index is 0.0168. The first-order valence-corrected chi connectivity index (χ1v) is 33.4. The van der Waals surface area contributed by atoms with Crippen molar-refractivity contribution < 1.29 is 116 Å². The minimum atomic E-state index is -2.12. The number of esters is 2. The predicted molar refractivity (Wildman–Crippen MR) is 324 cm³/mol. The highest BCUT2D eigenvalue weighted by atomic mass is 16.8. The van der Waals surface area contributed by atoms with Crippen LogP contribution in [-0.2, 0) is 80.8 Å². The van der Waals surface area contributed by atoms with Crippen LogP contribution in [-0.4, -0.2) is 207 Å². The number of amides is 1. The molecule has 1 spiro atoms. The van der Waals surface area contributed by atoms with Crippen molar-refractivity contribution in [3.63, 3.8) is 0 Å². The number of aliphatic hydroxyl groups excluding tert-OH is 4. The van der Waals surface area contributed by atoms with Crippen molar-refractivity contribution in [2.75, 3.05) is 7.11 Å². The van der Waals surface area contributed by atoms with Crippen molar-refractivity contribution in [1.29, 1.82) is 0 Å². The fourth-order valence-corrected chi connectivity index (χ4v) is 17.3. The van der Waals surface area contributed by atoms with Crippen LogP contribution in [0.4, 0.5) is 4.79 Å². The van der Waals surface area contributed by atoms with Gasteiger partial charge in [-0.1, -0.05) is 55.9 Å². The number of aldehydes is 1. The SMILES string of the molecule is COC(=O)NC1C(C)OC(OC2CC=C(C)C3C=CC4C(OC5CC(OC6CCC(OC7CC(O)C(OC8CCC(O)C(C)O8)C(C)O7)C(C)O6)C(OC(C)=O)C(C)O5)C(C)CC(C)C4C3(C)C(O)=C3C(=O)OC4(CC(C=O)CC(O)C4C=C2C)C3=O)CC1(C)N(O)O. The summed E-state index contributed by atoms with van der Waals surface area (Å²) in [6.45, 7) is 21.4. The summed E-state index contributed by atoms with van der Waals surface area (Å²) in [7, 11) is 1.18. The van der Waals surface area contributed by atoms with Gasteiger partial charge in [-0.25, -0.2) is 9.59 Å². The second-order valence-electron chi connectivity index (χ2n) is 28.6. The average Bonchev–Trinajstić information content (AvgIpc) is 1.68. The van der Waals surface area contributed by atoms with Crippen LogP contribution < -0.4 is 5.32 Å². The predicted octanol–water partition coefficient (Wildman–Crippen LogP) is 6.24. The Labute approximate surface area is 543 Å². The van der Waals surface area contributed by atoms with E-state index in [9.17, 15) is 50.0 Å². The Hall–Kier alpha value is -4.33. The summed E-state index contributed by atoms with van der Waals surface area (Å²) >= 11 is 0. The molecule has 30 unspecified atom stereocenters. The number of carbonyl (C=O) groups is 5. The standard InChI is InChI=1S/C67H100N2O24/c1-30-14-18-47(88-54-28-65(11,69(79)80)60(38(9)86-54)68-64(78)81-13)31(2)23-43-45(73)24-40(29-70)27-67(43)62(76)55(63(77)93-67)61(75)66(12)42(30)16-15-41-56(66)32(3)22-33(4)57(41)92-53-26-49(59(37(8)85-53)87-39(10)71)90-50-21-19-48(35(6)83-50)89-52-25-46(74)58(36(7)84-52)91-51-20-17-44(72)34(5)82-51/h14-16,23,29,32-38,40-54,56-60,72-75,79-80H,17-22,24-28H2,1-13H3,(H,68,78). The summed E-state index contributed by atoms with van der Waals surface area (Å²) in [5, 5.41) is 70.7. The lowest BCUT2D eigenvalue weighted by molar-refractivity contribution is -0.390. The third kappa shape index (κ3) is 14.2. The number of nitrogens with one attached hydrogen (secondary N) is 1. The summed E-state index contributed by atoms with van der Waals surface area (Å²) in [5.74, 6) is -7.03. The van der Waals surface area contributed by atoms with Crippen molar-refractivity contribution in [2.24, 2.45) is 46.8 Å². The van der Waals surface area contributed by atoms with E-state index in [-0.39, 0.29) is 55.6 Å². The number of ether oxygens (including phenoxy) is 13. The first-order valence-electron chi connectivity index (χ1n) is 33.4. The average molecular weight is 1320 g/mol. The Morgan fingerprint density at radius 1 is 0.677 bits per heavy atom. The van der Waals surface area contributed by atoms with Gasteiger partial charge in [0.1, 0.15) is 29.8 Å². The zero-order valence-corrected chi connectivity index (χ0v) is 55.7. The molecule has 6 heterocycles. The molecular weight excluding hydrogens is 1220 g/mol. The molecule has 0 radical (unpaired) electrons. The number of nitrogens with zero attached hydrogens (tertiary/aromatic N) is 1. The van der Waals surface area contributed by atoms with Crippen LogP contribution in [0.5, 0.6) is 0 Å². The monoisotopic (exact) mass is 1320 g/mol. The van der Waals surface area contributed by atoms with E-state index in [1.165, 1.54) is 21.0 Å². The quantitative estimate of drug-likeness (QED) is 0.0252. The number of rotatable bonds is 14. The van der Waals surface area contributed by atoms with Crippen LogP contribution in [0.15, 0.2) is 46.8 Å². The number of aliphatic hydroxyl groups is 4. The van der Waals surface area contributed by atoms with E-state index in [0.29, 0.717) is 44.0 Å². The van der Waals surface area contributed by atoms with Gasteiger partial charge in [-0.05, 0) is 111 Å². The number of methoxy groups -OCH3 is 1. The first-order chi connectivity index (χ1) is 43.9. The van der Waals surface area contributed by atoms with Gasteiger partial charge >= 0.3 is 18.0 Å². The van der Waals surface area contributed by atoms with Crippen LogP contribution in [0.1, 0.15) is 154 Å². The number of hydroxylamine groups is 2. The second kappa shape index (κ2) is 28.6. The molecule has 4 aliphatic carbocycles. The molecule has 26 heteroatoms. The van der Waals surface area contributed by atoms with Crippen LogP contribution in [0.2, 0.25) is 0 Å². The molecule has 10 rings (SSSR count). The van der Waals surface area contributed by atoms with E-state index >= 15 is 4.79 Å². The Morgan fingerprint density at radius 3 is 1.97 bits per heavy atom. The fraction of sp³-hybridized carbons (Fsp3) is 0.806. The maximum atomic E-state index is 15.6. The Bertz CT molecular complexity index is 2840. The lowest BCUT2D eigenvalue weighted by atomic mass is 9.49. The molecule has 522 valence electrons. The van der Waals surface area contributed by atoms with E-state index in [0.717, 1.165) is 5.57 Å². The van der Waals surface area contributed by atoms with Gasteiger partial charge in [0, 0.05) is 68.6 Å². The lowest BCUT2D eigenvalue weighted by Crippen LogP contribution is -2.68.